The van der Waals surface area contributed by atoms with Crippen molar-refractivity contribution in [3.05, 3.63) is 44.7 Å². The Labute approximate surface area is 141 Å². The van der Waals surface area contributed by atoms with Crippen molar-refractivity contribution in [2.75, 3.05) is 14.2 Å². The van der Waals surface area contributed by atoms with Crippen LogP contribution in [0.4, 0.5) is 0 Å². The summed E-state index contributed by atoms with van der Waals surface area (Å²) in [5, 5.41) is 0.397. The second-order valence-electron chi connectivity index (χ2n) is 4.30. The molecule has 0 fully saturated rings. The predicted molar refractivity (Wildman–Crippen MR) is 88.7 cm³/mol. The molecular formula is C13H13BrClNO3S2. The predicted octanol–water partition coefficient (Wildman–Crippen LogP) is 3.99. The van der Waals surface area contributed by atoms with E-state index in [1.807, 2.05) is 24.3 Å². The molecule has 0 N–H and O–H groups in total. The molecule has 2 aromatic rings. The molecule has 1 heterocycles. The maximum absolute atomic E-state index is 12.5. The van der Waals surface area contributed by atoms with Gasteiger partial charge in [0, 0.05) is 13.6 Å². The Hall–Kier alpha value is -0.600. The number of ether oxygens (including phenoxy) is 1. The van der Waals surface area contributed by atoms with Gasteiger partial charge in [0.05, 0.1) is 15.9 Å². The molecule has 0 unspecified atom stereocenters. The average molecular weight is 411 g/mol. The van der Waals surface area contributed by atoms with Gasteiger partial charge in [-0.1, -0.05) is 23.7 Å². The number of rotatable bonds is 5. The molecule has 1 aromatic heterocycles. The molecule has 0 aliphatic carbocycles. The summed E-state index contributed by atoms with van der Waals surface area (Å²) < 4.78 is 32.2. The molecule has 4 nitrogen and oxygen atoms in total. The summed E-state index contributed by atoms with van der Waals surface area (Å²) in [6.45, 7) is 0.257. The highest BCUT2D eigenvalue weighted by molar-refractivity contribution is 9.11. The fraction of sp³-hybridized carbons (Fsp3) is 0.231. The van der Waals surface area contributed by atoms with E-state index in [1.165, 1.54) is 17.4 Å². The second-order valence-corrected chi connectivity index (χ2v) is 9.35. The Morgan fingerprint density at radius 1 is 1.38 bits per heavy atom. The molecule has 1 aromatic carbocycles. The monoisotopic (exact) mass is 409 g/mol. The van der Waals surface area contributed by atoms with Gasteiger partial charge in [0.1, 0.15) is 9.96 Å². The van der Waals surface area contributed by atoms with Crippen LogP contribution in [0.2, 0.25) is 5.02 Å². The van der Waals surface area contributed by atoms with Crippen molar-refractivity contribution >= 4 is 48.9 Å². The van der Waals surface area contributed by atoms with Gasteiger partial charge in [0.15, 0.2) is 0 Å². The number of hydrogen-bond acceptors (Lipinski definition) is 4. The van der Waals surface area contributed by atoms with E-state index in [0.717, 1.165) is 16.9 Å². The Bertz CT molecular complexity index is 726. The van der Waals surface area contributed by atoms with Crippen molar-refractivity contribution in [1.29, 1.82) is 0 Å². The van der Waals surface area contributed by atoms with E-state index >= 15 is 0 Å². The number of nitrogens with zero attached hydrogens (tertiary/aromatic N) is 1. The molecule has 21 heavy (non-hydrogen) atoms. The molecule has 0 aliphatic heterocycles. The fourth-order valence-corrected chi connectivity index (χ4v) is 5.49. The fourth-order valence-electron chi connectivity index (χ4n) is 1.72. The molecule has 0 bridgehead atoms. The minimum atomic E-state index is -3.56. The van der Waals surface area contributed by atoms with Crippen LogP contribution in [-0.2, 0) is 16.6 Å². The first kappa shape index (κ1) is 16.8. The van der Waals surface area contributed by atoms with E-state index in [4.69, 9.17) is 16.3 Å². The molecule has 0 amide bonds. The largest absolute Gasteiger partial charge is 0.497 e. The lowest BCUT2D eigenvalue weighted by Crippen LogP contribution is -2.25. The van der Waals surface area contributed by atoms with Gasteiger partial charge in [-0.15, -0.1) is 11.3 Å². The number of methoxy groups -OCH3 is 1. The second kappa shape index (κ2) is 6.66. The molecule has 114 valence electrons. The van der Waals surface area contributed by atoms with Crippen molar-refractivity contribution in [2.45, 2.75) is 10.8 Å². The molecule has 2 rings (SSSR count). The Morgan fingerprint density at radius 2 is 2.10 bits per heavy atom. The number of sulfonamides is 1. The summed E-state index contributed by atoms with van der Waals surface area (Å²) >= 11 is 10.2. The minimum Gasteiger partial charge on any atom is -0.497 e. The third kappa shape index (κ3) is 3.78. The van der Waals surface area contributed by atoms with Crippen molar-refractivity contribution < 1.29 is 13.2 Å². The first-order chi connectivity index (χ1) is 9.84. The van der Waals surface area contributed by atoms with Crippen LogP contribution < -0.4 is 4.74 Å². The quantitative estimate of drug-likeness (QED) is 0.748. The van der Waals surface area contributed by atoms with Gasteiger partial charge in [-0.25, -0.2) is 8.42 Å². The van der Waals surface area contributed by atoms with Gasteiger partial charge >= 0.3 is 0 Å². The van der Waals surface area contributed by atoms with Crippen LogP contribution in [-0.4, -0.2) is 26.9 Å². The zero-order valence-electron chi connectivity index (χ0n) is 11.3. The van der Waals surface area contributed by atoms with E-state index in [-0.39, 0.29) is 10.8 Å². The van der Waals surface area contributed by atoms with Gasteiger partial charge in [-0.3, -0.25) is 0 Å². The zero-order valence-corrected chi connectivity index (χ0v) is 15.3. The van der Waals surface area contributed by atoms with E-state index in [1.54, 1.807) is 7.11 Å². The topological polar surface area (TPSA) is 46.6 Å². The van der Waals surface area contributed by atoms with Gasteiger partial charge < -0.3 is 4.74 Å². The first-order valence-electron chi connectivity index (χ1n) is 5.88. The summed E-state index contributed by atoms with van der Waals surface area (Å²) in [5.74, 6) is 0.695. The summed E-state index contributed by atoms with van der Waals surface area (Å²) in [6, 6.07) is 8.75. The highest BCUT2D eigenvalue weighted by atomic mass is 79.9. The number of halogens is 2. The third-order valence-electron chi connectivity index (χ3n) is 2.83. The van der Waals surface area contributed by atoms with E-state index in [2.05, 4.69) is 15.9 Å². The maximum Gasteiger partial charge on any atom is 0.252 e. The van der Waals surface area contributed by atoms with Gasteiger partial charge in [-0.2, -0.15) is 4.31 Å². The smallest absolute Gasteiger partial charge is 0.252 e. The van der Waals surface area contributed by atoms with Crippen molar-refractivity contribution in [3.8, 4) is 5.75 Å². The lowest BCUT2D eigenvalue weighted by atomic mass is 10.2. The molecule has 0 saturated heterocycles. The number of hydrogen-bond donors (Lipinski definition) is 0. The van der Waals surface area contributed by atoms with Crippen LogP contribution >= 0.6 is 38.9 Å². The van der Waals surface area contributed by atoms with E-state index in [9.17, 15) is 8.42 Å². The molecule has 0 spiro atoms. The summed E-state index contributed by atoms with van der Waals surface area (Å²) in [4.78, 5) is 0. The van der Waals surface area contributed by atoms with Crippen molar-refractivity contribution in [2.24, 2.45) is 0 Å². The van der Waals surface area contributed by atoms with Crippen LogP contribution in [0.3, 0.4) is 0 Å². The standard InChI is InChI=1S/C13H13BrClNO3S2/c1-16(8-9-4-3-5-10(6-9)19-2)21(17,18)12-7-11(15)13(14)20-12/h3-7H,8H2,1-2H3. The Kier molecular flexibility index (Phi) is 5.32. The zero-order chi connectivity index (χ0) is 15.6. The van der Waals surface area contributed by atoms with Gasteiger partial charge in [-0.05, 0) is 39.7 Å². The van der Waals surface area contributed by atoms with Crippen LogP contribution in [0.15, 0.2) is 38.3 Å². The molecule has 0 atom stereocenters. The SMILES string of the molecule is COc1cccc(CN(C)S(=O)(=O)c2cc(Cl)c(Br)s2)c1. The normalized spacial score (nSPS) is 11.9. The maximum atomic E-state index is 12.5. The third-order valence-corrected chi connectivity index (χ3v) is 7.55. The lowest BCUT2D eigenvalue weighted by Gasteiger charge is -2.16. The molecule has 0 saturated carbocycles. The van der Waals surface area contributed by atoms with Gasteiger partial charge in [0.25, 0.3) is 10.0 Å². The molecule has 0 radical (unpaired) electrons. The Balaban J connectivity index is 2.24. The number of thiophene rings is 1. The lowest BCUT2D eigenvalue weighted by molar-refractivity contribution is 0.412. The van der Waals surface area contributed by atoms with E-state index < -0.39 is 10.0 Å². The minimum absolute atomic E-state index is 0.213. The first-order valence-corrected chi connectivity index (χ1v) is 9.31. The molecule has 8 heteroatoms. The van der Waals surface area contributed by atoms with Crippen LogP contribution in [0.25, 0.3) is 0 Å². The van der Waals surface area contributed by atoms with Crippen molar-refractivity contribution in [3.63, 3.8) is 0 Å². The van der Waals surface area contributed by atoms with Crippen LogP contribution in [0, 0.1) is 0 Å². The number of benzene rings is 1. The van der Waals surface area contributed by atoms with E-state index in [0.29, 0.717) is 14.6 Å². The van der Waals surface area contributed by atoms with Crippen LogP contribution in [0.5, 0.6) is 5.75 Å². The van der Waals surface area contributed by atoms with Crippen LogP contribution in [0.1, 0.15) is 5.56 Å². The molecular weight excluding hydrogens is 398 g/mol. The van der Waals surface area contributed by atoms with Crippen molar-refractivity contribution in [1.82, 2.24) is 4.31 Å². The highest BCUT2D eigenvalue weighted by Crippen LogP contribution is 2.36. The van der Waals surface area contributed by atoms with Gasteiger partial charge in [0.2, 0.25) is 0 Å². The summed E-state index contributed by atoms with van der Waals surface area (Å²) in [6.07, 6.45) is 0. The highest BCUT2D eigenvalue weighted by Gasteiger charge is 2.24. The summed E-state index contributed by atoms with van der Waals surface area (Å²) in [7, 11) is -0.450. The summed E-state index contributed by atoms with van der Waals surface area (Å²) in [5.41, 5.74) is 0.849. The Morgan fingerprint density at radius 3 is 2.67 bits per heavy atom. The molecule has 0 aliphatic rings. The average Bonchev–Trinajstić information content (AvgIpc) is 2.79.